The van der Waals surface area contributed by atoms with Crippen LogP contribution in [0.3, 0.4) is 0 Å². The van der Waals surface area contributed by atoms with E-state index in [1.165, 1.54) is 11.1 Å². The minimum atomic E-state index is -0.207. The highest BCUT2D eigenvalue weighted by Gasteiger charge is 2.12. The van der Waals surface area contributed by atoms with Crippen LogP contribution < -0.4 is 0 Å². The minimum absolute atomic E-state index is 0.207. The molecule has 0 saturated heterocycles. The van der Waals surface area contributed by atoms with Gasteiger partial charge in [-0.05, 0) is 25.3 Å². The summed E-state index contributed by atoms with van der Waals surface area (Å²) < 4.78 is 0. The minimum Gasteiger partial charge on any atom is -0.393 e. The van der Waals surface area contributed by atoms with Crippen LogP contribution in [-0.4, -0.2) is 29.2 Å². The molecule has 2 heteroatoms. The first-order valence-electron chi connectivity index (χ1n) is 6.36. The number of nitrogens with zero attached hydrogens (tertiary/aromatic N) is 1. The molecule has 0 radical (unpaired) electrons. The second-order valence-corrected chi connectivity index (χ2v) is 4.89. The topological polar surface area (TPSA) is 23.5 Å². The van der Waals surface area contributed by atoms with Gasteiger partial charge in [0.05, 0.1) is 6.10 Å². The number of rotatable bonds is 4. The number of benzene rings is 1. The maximum absolute atomic E-state index is 9.35. The Kier molecular flexibility index (Phi) is 4.35. The van der Waals surface area contributed by atoms with E-state index >= 15 is 0 Å². The summed E-state index contributed by atoms with van der Waals surface area (Å²) in [6, 6.07) is 10.6. The average molecular weight is 231 g/mol. The lowest BCUT2D eigenvalue weighted by molar-refractivity contribution is 0.190. The normalized spacial score (nSPS) is 18.8. The molecular weight excluding hydrogens is 210 g/mol. The molecule has 0 bridgehead atoms. The van der Waals surface area contributed by atoms with Crippen molar-refractivity contribution in [2.45, 2.75) is 32.4 Å². The molecule has 0 fully saturated rings. The molecular formula is C15H21NO. The van der Waals surface area contributed by atoms with Gasteiger partial charge in [0.25, 0.3) is 0 Å². The second kappa shape index (κ2) is 5.99. The van der Waals surface area contributed by atoms with Crippen LogP contribution in [0.4, 0.5) is 0 Å². The van der Waals surface area contributed by atoms with Crippen LogP contribution in [0.15, 0.2) is 42.0 Å². The fraction of sp³-hybridized carbons (Fsp3) is 0.467. The van der Waals surface area contributed by atoms with E-state index in [4.69, 9.17) is 0 Å². The highest BCUT2D eigenvalue weighted by Crippen LogP contribution is 2.17. The Hall–Kier alpha value is -1.12. The van der Waals surface area contributed by atoms with Crippen LogP contribution in [0.25, 0.3) is 0 Å². The van der Waals surface area contributed by atoms with Crippen molar-refractivity contribution in [3.63, 3.8) is 0 Å². The SMILES string of the molecule is CC(O)CC1=CCN(Cc2ccccc2)CC1. The third-order valence-electron chi connectivity index (χ3n) is 3.19. The van der Waals surface area contributed by atoms with Crippen molar-refractivity contribution in [1.29, 1.82) is 0 Å². The molecule has 0 aliphatic carbocycles. The molecule has 2 rings (SSSR count). The van der Waals surface area contributed by atoms with Crippen LogP contribution in [0, 0.1) is 0 Å². The van der Waals surface area contributed by atoms with Gasteiger partial charge in [0.1, 0.15) is 0 Å². The van der Waals surface area contributed by atoms with Gasteiger partial charge in [-0.2, -0.15) is 0 Å². The smallest absolute Gasteiger partial charge is 0.0549 e. The summed E-state index contributed by atoms with van der Waals surface area (Å²) in [4.78, 5) is 2.45. The fourth-order valence-corrected chi connectivity index (χ4v) is 2.30. The van der Waals surface area contributed by atoms with Gasteiger partial charge in [0.2, 0.25) is 0 Å². The monoisotopic (exact) mass is 231 g/mol. The van der Waals surface area contributed by atoms with Gasteiger partial charge in [-0.3, -0.25) is 4.90 Å². The van der Waals surface area contributed by atoms with E-state index in [1.807, 2.05) is 6.92 Å². The molecule has 1 atom stereocenters. The van der Waals surface area contributed by atoms with Crippen molar-refractivity contribution >= 4 is 0 Å². The Balaban J connectivity index is 1.85. The maximum atomic E-state index is 9.35. The summed E-state index contributed by atoms with van der Waals surface area (Å²) in [5.41, 5.74) is 2.78. The van der Waals surface area contributed by atoms with Crippen molar-refractivity contribution in [3.05, 3.63) is 47.5 Å². The summed E-state index contributed by atoms with van der Waals surface area (Å²) in [5, 5.41) is 9.35. The Labute approximate surface area is 104 Å². The second-order valence-electron chi connectivity index (χ2n) is 4.89. The van der Waals surface area contributed by atoms with E-state index in [9.17, 15) is 5.11 Å². The molecule has 1 aliphatic heterocycles. The predicted molar refractivity (Wildman–Crippen MR) is 70.7 cm³/mol. The molecule has 1 aromatic carbocycles. The third-order valence-corrected chi connectivity index (χ3v) is 3.19. The molecule has 17 heavy (non-hydrogen) atoms. The molecule has 0 aromatic heterocycles. The van der Waals surface area contributed by atoms with Gasteiger partial charge < -0.3 is 5.11 Å². The van der Waals surface area contributed by atoms with Crippen molar-refractivity contribution in [2.24, 2.45) is 0 Å². The Morgan fingerprint density at radius 1 is 1.29 bits per heavy atom. The number of hydrogen-bond acceptors (Lipinski definition) is 2. The van der Waals surface area contributed by atoms with E-state index in [0.29, 0.717) is 0 Å². The van der Waals surface area contributed by atoms with Gasteiger partial charge in [-0.25, -0.2) is 0 Å². The highest BCUT2D eigenvalue weighted by atomic mass is 16.3. The van der Waals surface area contributed by atoms with Crippen molar-refractivity contribution in [1.82, 2.24) is 4.90 Å². The van der Waals surface area contributed by atoms with Gasteiger partial charge in [0, 0.05) is 19.6 Å². The van der Waals surface area contributed by atoms with Crippen LogP contribution in [0.1, 0.15) is 25.3 Å². The molecule has 0 amide bonds. The Morgan fingerprint density at radius 2 is 2.06 bits per heavy atom. The van der Waals surface area contributed by atoms with E-state index in [1.54, 1.807) is 0 Å². The first-order valence-corrected chi connectivity index (χ1v) is 6.36. The highest BCUT2D eigenvalue weighted by molar-refractivity contribution is 5.16. The third kappa shape index (κ3) is 3.99. The summed E-state index contributed by atoms with van der Waals surface area (Å²) in [6.45, 7) is 5.00. The zero-order valence-electron chi connectivity index (χ0n) is 10.5. The first-order chi connectivity index (χ1) is 8.24. The van der Waals surface area contributed by atoms with Crippen LogP contribution in [0.2, 0.25) is 0 Å². The summed E-state index contributed by atoms with van der Waals surface area (Å²) in [7, 11) is 0. The van der Waals surface area contributed by atoms with Crippen molar-refractivity contribution < 1.29 is 5.11 Å². The number of hydrogen-bond donors (Lipinski definition) is 1. The number of aliphatic hydroxyl groups excluding tert-OH is 1. The Morgan fingerprint density at radius 3 is 2.65 bits per heavy atom. The van der Waals surface area contributed by atoms with Crippen LogP contribution in [0.5, 0.6) is 0 Å². The predicted octanol–water partition coefficient (Wildman–Crippen LogP) is 2.59. The lowest BCUT2D eigenvalue weighted by Gasteiger charge is -2.26. The summed E-state index contributed by atoms with van der Waals surface area (Å²) >= 11 is 0. The fourth-order valence-electron chi connectivity index (χ4n) is 2.30. The van der Waals surface area contributed by atoms with Gasteiger partial charge >= 0.3 is 0 Å². The molecule has 1 unspecified atom stereocenters. The first kappa shape index (κ1) is 12.3. The van der Waals surface area contributed by atoms with Gasteiger partial charge in [-0.1, -0.05) is 42.0 Å². The standard InChI is InChI=1S/C15H21NO/c1-13(17)11-14-7-9-16(10-8-14)12-15-5-3-2-4-6-15/h2-7,13,17H,8-12H2,1H3. The molecule has 2 nitrogen and oxygen atoms in total. The molecule has 1 heterocycles. The summed E-state index contributed by atoms with van der Waals surface area (Å²) in [6.07, 6.45) is 4.00. The molecule has 1 aliphatic rings. The van der Waals surface area contributed by atoms with Gasteiger partial charge in [0.15, 0.2) is 0 Å². The van der Waals surface area contributed by atoms with Crippen LogP contribution >= 0.6 is 0 Å². The van der Waals surface area contributed by atoms with Crippen LogP contribution in [-0.2, 0) is 6.54 Å². The van der Waals surface area contributed by atoms with Crippen molar-refractivity contribution in [2.75, 3.05) is 13.1 Å². The maximum Gasteiger partial charge on any atom is 0.0549 e. The molecule has 1 aromatic rings. The lowest BCUT2D eigenvalue weighted by atomic mass is 10.0. The van der Waals surface area contributed by atoms with Crippen molar-refractivity contribution in [3.8, 4) is 0 Å². The average Bonchev–Trinajstić information content (AvgIpc) is 2.32. The number of aliphatic hydroxyl groups is 1. The van der Waals surface area contributed by atoms with E-state index < -0.39 is 0 Å². The van der Waals surface area contributed by atoms with Gasteiger partial charge in [-0.15, -0.1) is 0 Å². The molecule has 1 N–H and O–H groups in total. The van der Waals surface area contributed by atoms with E-state index in [-0.39, 0.29) is 6.10 Å². The zero-order chi connectivity index (χ0) is 12.1. The zero-order valence-corrected chi connectivity index (χ0v) is 10.5. The molecule has 92 valence electrons. The van der Waals surface area contributed by atoms with E-state index in [0.717, 1.165) is 32.5 Å². The Bertz CT molecular complexity index is 370. The van der Waals surface area contributed by atoms with E-state index in [2.05, 4.69) is 41.3 Å². The summed E-state index contributed by atoms with van der Waals surface area (Å²) in [5.74, 6) is 0. The quantitative estimate of drug-likeness (QED) is 0.805. The molecule has 0 spiro atoms. The largest absolute Gasteiger partial charge is 0.393 e. The lowest BCUT2D eigenvalue weighted by Crippen LogP contribution is -2.28. The molecule has 0 saturated carbocycles.